The van der Waals surface area contributed by atoms with Gasteiger partial charge in [0.25, 0.3) is 0 Å². The predicted octanol–water partition coefficient (Wildman–Crippen LogP) is 3.04. The number of para-hydroxylation sites is 1. The molecule has 0 saturated heterocycles. The van der Waals surface area contributed by atoms with Crippen LogP contribution in [0.15, 0.2) is 67.0 Å². The second-order valence-corrected chi connectivity index (χ2v) is 6.88. The molecule has 0 unspecified atom stereocenters. The van der Waals surface area contributed by atoms with Crippen LogP contribution in [0.3, 0.4) is 0 Å². The minimum atomic E-state index is -0.781. The van der Waals surface area contributed by atoms with Crippen molar-refractivity contribution in [2.45, 2.75) is 32.5 Å². The summed E-state index contributed by atoms with van der Waals surface area (Å²) in [6.07, 6.45) is 1.73. The van der Waals surface area contributed by atoms with Gasteiger partial charge >= 0.3 is 0 Å². The first kappa shape index (κ1) is 17.3. The third-order valence-electron chi connectivity index (χ3n) is 3.78. The van der Waals surface area contributed by atoms with Gasteiger partial charge in [0.05, 0.1) is 17.8 Å². The Hall–Kier alpha value is -2.50. The summed E-state index contributed by atoms with van der Waals surface area (Å²) in [4.78, 5) is 6.60. The van der Waals surface area contributed by atoms with Gasteiger partial charge in [-0.1, -0.05) is 48.5 Å². The van der Waals surface area contributed by atoms with E-state index in [9.17, 15) is 5.11 Å². The predicted molar refractivity (Wildman–Crippen MR) is 98.2 cm³/mol. The Kier molecular flexibility index (Phi) is 5.26. The summed E-state index contributed by atoms with van der Waals surface area (Å²) in [6.45, 7) is 5.51. The molecule has 0 atom stereocenters. The first-order valence-electron chi connectivity index (χ1n) is 8.44. The molecular formula is C20H24N4O. The Labute approximate surface area is 148 Å². The van der Waals surface area contributed by atoms with Gasteiger partial charge in [-0.3, -0.25) is 4.90 Å². The Balaban J connectivity index is 1.74. The minimum Gasteiger partial charge on any atom is -0.389 e. The van der Waals surface area contributed by atoms with Crippen molar-refractivity contribution in [2.24, 2.45) is 0 Å². The highest BCUT2D eigenvalue weighted by Gasteiger charge is 2.20. The molecule has 1 aromatic heterocycles. The first-order chi connectivity index (χ1) is 12.0. The van der Waals surface area contributed by atoms with E-state index in [2.05, 4.69) is 27.1 Å². The van der Waals surface area contributed by atoms with E-state index in [4.69, 9.17) is 0 Å². The van der Waals surface area contributed by atoms with Crippen molar-refractivity contribution in [3.05, 3.63) is 78.4 Å². The summed E-state index contributed by atoms with van der Waals surface area (Å²) >= 11 is 0. The monoisotopic (exact) mass is 336 g/mol. The van der Waals surface area contributed by atoms with Crippen molar-refractivity contribution in [3.63, 3.8) is 0 Å². The highest BCUT2D eigenvalue weighted by Crippen LogP contribution is 2.13. The zero-order valence-electron chi connectivity index (χ0n) is 14.7. The molecule has 1 N–H and O–H groups in total. The van der Waals surface area contributed by atoms with Crippen LogP contribution in [-0.2, 0) is 13.1 Å². The molecule has 0 aliphatic heterocycles. The number of hydrogen-bond donors (Lipinski definition) is 1. The molecule has 0 aliphatic carbocycles. The van der Waals surface area contributed by atoms with Gasteiger partial charge in [-0.2, -0.15) is 0 Å². The standard InChI is InChI=1S/C20H24N4O/c1-20(2,25)15-23(13-17-9-5-3-6-10-17)14-19-21-16-24(22-19)18-11-7-4-8-12-18/h3-12,16,25H,13-15H2,1-2H3. The van der Waals surface area contributed by atoms with Crippen LogP contribution in [0.5, 0.6) is 0 Å². The van der Waals surface area contributed by atoms with E-state index in [0.29, 0.717) is 13.1 Å². The maximum Gasteiger partial charge on any atom is 0.165 e. The average Bonchev–Trinajstić information content (AvgIpc) is 3.03. The van der Waals surface area contributed by atoms with Crippen LogP contribution >= 0.6 is 0 Å². The van der Waals surface area contributed by atoms with Gasteiger partial charge in [0.15, 0.2) is 5.82 Å². The highest BCUT2D eigenvalue weighted by molar-refractivity contribution is 5.29. The van der Waals surface area contributed by atoms with Crippen molar-refractivity contribution in [1.82, 2.24) is 19.7 Å². The zero-order valence-corrected chi connectivity index (χ0v) is 14.7. The van der Waals surface area contributed by atoms with Crippen molar-refractivity contribution in [3.8, 4) is 5.69 Å². The molecule has 3 rings (SSSR count). The molecule has 0 fully saturated rings. The van der Waals surface area contributed by atoms with E-state index >= 15 is 0 Å². The van der Waals surface area contributed by atoms with Gasteiger partial charge in [-0.05, 0) is 31.5 Å². The van der Waals surface area contributed by atoms with Crippen LogP contribution in [-0.4, -0.2) is 36.9 Å². The third-order valence-corrected chi connectivity index (χ3v) is 3.78. The fourth-order valence-corrected chi connectivity index (χ4v) is 2.83. The minimum absolute atomic E-state index is 0.543. The SMILES string of the molecule is CC(C)(O)CN(Cc1ccccc1)Cc1ncn(-c2ccccc2)n1. The van der Waals surface area contributed by atoms with Gasteiger partial charge in [0, 0.05) is 13.1 Å². The largest absolute Gasteiger partial charge is 0.389 e. The van der Waals surface area contributed by atoms with Crippen LogP contribution < -0.4 is 0 Å². The van der Waals surface area contributed by atoms with Crippen LogP contribution in [0.1, 0.15) is 25.2 Å². The third kappa shape index (κ3) is 5.24. The van der Waals surface area contributed by atoms with Crippen LogP contribution in [0.25, 0.3) is 5.69 Å². The topological polar surface area (TPSA) is 54.2 Å². The van der Waals surface area contributed by atoms with Gasteiger partial charge < -0.3 is 5.11 Å². The lowest BCUT2D eigenvalue weighted by Crippen LogP contribution is -2.38. The summed E-state index contributed by atoms with van der Waals surface area (Å²) < 4.78 is 1.78. The summed E-state index contributed by atoms with van der Waals surface area (Å²) in [5.41, 5.74) is 1.41. The zero-order chi connectivity index (χ0) is 17.7. The highest BCUT2D eigenvalue weighted by atomic mass is 16.3. The Morgan fingerprint density at radius 3 is 2.24 bits per heavy atom. The van der Waals surface area contributed by atoms with E-state index in [1.165, 1.54) is 5.56 Å². The Bertz CT molecular complexity index is 778. The molecule has 130 valence electrons. The number of hydrogen-bond acceptors (Lipinski definition) is 4. The van der Waals surface area contributed by atoms with Gasteiger partial charge in [-0.25, -0.2) is 9.67 Å². The van der Waals surface area contributed by atoms with Crippen molar-refractivity contribution in [1.29, 1.82) is 0 Å². The lowest BCUT2D eigenvalue weighted by Gasteiger charge is -2.28. The quantitative estimate of drug-likeness (QED) is 0.720. The maximum atomic E-state index is 10.2. The molecule has 0 aliphatic rings. The lowest BCUT2D eigenvalue weighted by molar-refractivity contribution is 0.0298. The number of aromatic nitrogens is 3. The van der Waals surface area contributed by atoms with Gasteiger partial charge in [0.1, 0.15) is 6.33 Å². The summed E-state index contributed by atoms with van der Waals surface area (Å²) in [5, 5.41) is 14.8. The fraction of sp³-hybridized carbons (Fsp3) is 0.300. The van der Waals surface area contributed by atoms with Crippen molar-refractivity contribution in [2.75, 3.05) is 6.54 Å². The average molecular weight is 336 g/mol. The first-order valence-corrected chi connectivity index (χ1v) is 8.44. The number of benzene rings is 2. The van der Waals surface area contributed by atoms with Crippen molar-refractivity contribution < 1.29 is 5.11 Å². The molecule has 0 amide bonds. The maximum absolute atomic E-state index is 10.2. The molecule has 0 spiro atoms. The lowest BCUT2D eigenvalue weighted by atomic mass is 10.1. The second kappa shape index (κ2) is 7.59. The number of aliphatic hydroxyl groups is 1. The van der Waals surface area contributed by atoms with E-state index in [0.717, 1.165) is 18.1 Å². The van der Waals surface area contributed by atoms with E-state index < -0.39 is 5.60 Å². The summed E-state index contributed by atoms with van der Waals surface area (Å²) in [7, 11) is 0. The molecule has 1 heterocycles. The molecule has 5 nitrogen and oxygen atoms in total. The molecule has 0 saturated carbocycles. The smallest absolute Gasteiger partial charge is 0.165 e. The molecule has 5 heteroatoms. The summed E-state index contributed by atoms with van der Waals surface area (Å²) in [6, 6.07) is 20.2. The van der Waals surface area contributed by atoms with E-state index in [-0.39, 0.29) is 0 Å². The van der Waals surface area contributed by atoms with E-state index in [1.54, 1.807) is 11.0 Å². The Morgan fingerprint density at radius 1 is 0.960 bits per heavy atom. The van der Waals surface area contributed by atoms with Crippen LogP contribution in [0.2, 0.25) is 0 Å². The molecule has 2 aromatic carbocycles. The van der Waals surface area contributed by atoms with E-state index in [1.807, 2.05) is 62.4 Å². The number of nitrogens with zero attached hydrogens (tertiary/aromatic N) is 4. The van der Waals surface area contributed by atoms with Crippen LogP contribution in [0.4, 0.5) is 0 Å². The van der Waals surface area contributed by atoms with Gasteiger partial charge in [0.2, 0.25) is 0 Å². The fourth-order valence-electron chi connectivity index (χ4n) is 2.83. The molecule has 0 radical (unpaired) electrons. The molecule has 25 heavy (non-hydrogen) atoms. The molecule has 0 bridgehead atoms. The normalized spacial score (nSPS) is 11.8. The summed E-state index contributed by atoms with van der Waals surface area (Å²) in [5.74, 6) is 0.740. The van der Waals surface area contributed by atoms with Gasteiger partial charge in [-0.15, -0.1) is 5.10 Å². The van der Waals surface area contributed by atoms with Crippen LogP contribution in [0, 0.1) is 0 Å². The number of rotatable bonds is 7. The molecule has 3 aromatic rings. The molecular weight excluding hydrogens is 312 g/mol. The second-order valence-electron chi connectivity index (χ2n) is 6.88. The van der Waals surface area contributed by atoms with Crippen molar-refractivity contribution >= 4 is 0 Å². The Morgan fingerprint density at radius 2 is 1.60 bits per heavy atom.